The first-order chi connectivity index (χ1) is 7.37. The van der Waals surface area contributed by atoms with Gasteiger partial charge in [0.05, 0.1) is 0 Å². The summed E-state index contributed by atoms with van der Waals surface area (Å²) in [6.45, 7) is 4.55. The molecule has 0 unspecified atom stereocenters. The lowest BCUT2D eigenvalue weighted by atomic mass is 10.3. The molecule has 4 nitrogen and oxygen atoms in total. The van der Waals surface area contributed by atoms with Gasteiger partial charge >= 0.3 is 6.18 Å². The Balaban J connectivity index is 2.40. The first-order valence-corrected chi connectivity index (χ1v) is 4.98. The monoisotopic (exact) mass is 237 g/mol. The number of nitrogens with one attached hydrogen (secondary N) is 1. The van der Waals surface area contributed by atoms with Gasteiger partial charge in [-0.25, -0.2) is 0 Å². The molecule has 0 saturated heterocycles. The minimum Gasteiger partial charge on any atom is -0.339 e. The third kappa shape index (κ3) is 5.11. The predicted octanol–water partition coefficient (Wildman–Crippen LogP) is 1.71. The average Bonchev–Trinajstić information content (AvgIpc) is 2.48. The smallest absolute Gasteiger partial charge is 0.339 e. The van der Waals surface area contributed by atoms with E-state index in [-0.39, 0.29) is 11.7 Å². The molecule has 0 amide bonds. The Morgan fingerprint density at radius 2 is 2.06 bits per heavy atom. The maximum atomic E-state index is 12.0. The van der Waals surface area contributed by atoms with Crippen molar-refractivity contribution in [3.05, 3.63) is 11.7 Å². The molecule has 1 aromatic rings. The standard InChI is InChI=1S/C9H14F3N3O/c1-6(2)13-4-3-8-14-7(15-16-8)5-9(10,11)12/h6,13H,3-5H2,1-2H3. The van der Waals surface area contributed by atoms with E-state index < -0.39 is 12.6 Å². The molecule has 1 rings (SSSR count). The van der Waals surface area contributed by atoms with Crippen molar-refractivity contribution in [2.75, 3.05) is 6.54 Å². The van der Waals surface area contributed by atoms with Crippen LogP contribution in [0.25, 0.3) is 0 Å². The first-order valence-electron chi connectivity index (χ1n) is 4.98. The van der Waals surface area contributed by atoms with Gasteiger partial charge < -0.3 is 9.84 Å². The van der Waals surface area contributed by atoms with E-state index in [4.69, 9.17) is 4.52 Å². The lowest BCUT2D eigenvalue weighted by Gasteiger charge is -2.04. The second kappa shape index (κ2) is 5.29. The van der Waals surface area contributed by atoms with Crippen LogP contribution in [0.5, 0.6) is 0 Å². The van der Waals surface area contributed by atoms with Gasteiger partial charge in [0.1, 0.15) is 6.42 Å². The van der Waals surface area contributed by atoms with Gasteiger partial charge in [-0.2, -0.15) is 18.2 Å². The number of aromatic nitrogens is 2. The molecule has 0 aliphatic carbocycles. The summed E-state index contributed by atoms with van der Waals surface area (Å²) in [5.41, 5.74) is 0. The van der Waals surface area contributed by atoms with E-state index in [1.165, 1.54) is 0 Å². The third-order valence-corrected chi connectivity index (χ3v) is 1.76. The van der Waals surface area contributed by atoms with Crippen molar-refractivity contribution < 1.29 is 17.7 Å². The highest BCUT2D eigenvalue weighted by Gasteiger charge is 2.30. The number of hydrogen-bond acceptors (Lipinski definition) is 4. The molecule has 0 aromatic carbocycles. The van der Waals surface area contributed by atoms with Crippen LogP contribution in [0.2, 0.25) is 0 Å². The summed E-state index contributed by atoms with van der Waals surface area (Å²) in [6.07, 6.45) is -5.01. The summed E-state index contributed by atoms with van der Waals surface area (Å²) in [4.78, 5) is 3.65. The number of nitrogens with zero attached hydrogens (tertiary/aromatic N) is 2. The molecule has 16 heavy (non-hydrogen) atoms. The highest BCUT2D eigenvalue weighted by Crippen LogP contribution is 2.19. The van der Waals surface area contributed by atoms with Crippen LogP contribution in [-0.2, 0) is 12.8 Å². The van der Waals surface area contributed by atoms with Gasteiger partial charge in [0.15, 0.2) is 5.82 Å². The van der Waals surface area contributed by atoms with Crippen molar-refractivity contribution in [2.45, 2.75) is 38.9 Å². The zero-order valence-corrected chi connectivity index (χ0v) is 9.14. The summed E-state index contributed by atoms with van der Waals surface area (Å²) in [5, 5.41) is 6.37. The largest absolute Gasteiger partial charge is 0.396 e. The fourth-order valence-corrected chi connectivity index (χ4v) is 1.11. The molecule has 1 N–H and O–H groups in total. The maximum Gasteiger partial charge on any atom is 0.396 e. The minimum atomic E-state index is -4.29. The molecule has 0 fully saturated rings. The minimum absolute atomic E-state index is 0.229. The molecular formula is C9H14F3N3O. The summed E-state index contributed by atoms with van der Waals surface area (Å²) >= 11 is 0. The van der Waals surface area contributed by atoms with Crippen LogP contribution in [0.15, 0.2) is 4.52 Å². The van der Waals surface area contributed by atoms with Crippen molar-refractivity contribution in [1.29, 1.82) is 0 Å². The zero-order valence-electron chi connectivity index (χ0n) is 9.14. The van der Waals surface area contributed by atoms with Crippen molar-refractivity contribution in [3.8, 4) is 0 Å². The van der Waals surface area contributed by atoms with Gasteiger partial charge in [-0.3, -0.25) is 0 Å². The predicted molar refractivity (Wildman–Crippen MR) is 50.9 cm³/mol. The van der Waals surface area contributed by atoms with Crippen LogP contribution in [0.3, 0.4) is 0 Å². The van der Waals surface area contributed by atoms with Crippen molar-refractivity contribution in [2.24, 2.45) is 0 Å². The molecular weight excluding hydrogens is 223 g/mol. The Bertz CT molecular complexity index is 322. The molecule has 0 aliphatic rings. The lowest BCUT2D eigenvalue weighted by Crippen LogP contribution is -2.25. The first kappa shape index (κ1) is 13.0. The Hall–Kier alpha value is -1.11. The molecule has 0 radical (unpaired) electrons. The molecule has 0 bridgehead atoms. The molecule has 0 atom stereocenters. The van der Waals surface area contributed by atoms with Crippen LogP contribution in [0, 0.1) is 0 Å². The van der Waals surface area contributed by atoms with Gasteiger partial charge in [-0.15, -0.1) is 0 Å². The highest BCUT2D eigenvalue weighted by atomic mass is 19.4. The average molecular weight is 237 g/mol. The highest BCUT2D eigenvalue weighted by molar-refractivity contribution is 4.89. The fourth-order valence-electron chi connectivity index (χ4n) is 1.11. The Morgan fingerprint density at radius 1 is 1.38 bits per heavy atom. The van der Waals surface area contributed by atoms with Crippen molar-refractivity contribution in [1.82, 2.24) is 15.5 Å². The summed E-state index contributed by atoms with van der Waals surface area (Å²) in [7, 11) is 0. The number of hydrogen-bond donors (Lipinski definition) is 1. The van der Waals surface area contributed by atoms with Crippen LogP contribution in [0.1, 0.15) is 25.6 Å². The van der Waals surface area contributed by atoms with E-state index >= 15 is 0 Å². The van der Waals surface area contributed by atoms with Gasteiger partial charge in [0.25, 0.3) is 0 Å². The SMILES string of the molecule is CC(C)NCCc1nc(CC(F)(F)F)no1. The molecule has 1 aromatic heterocycles. The van der Waals surface area contributed by atoms with E-state index in [0.717, 1.165) is 0 Å². The van der Waals surface area contributed by atoms with E-state index in [0.29, 0.717) is 19.0 Å². The van der Waals surface area contributed by atoms with Gasteiger partial charge in [-0.05, 0) is 0 Å². The maximum absolute atomic E-state index is 12.0. The van der Waals surface area contributed by atoms with Crippen LogP contribution in [-0.4, -0.2) is 28.9 Å². The second-order valence-corrected chi connectivity index (χ2v) is 3.76. The van der Waals surface area contributed by atoms with E-state index in [1.807, 2.05) is 13.8 Å². The molecule has 92 valence electrons. The van der Waals surface area contributed by atoms with E-state index in [1.54, 1.807) is 0 Å². The molecule has 0 saturated carbocycles. The summed E-state index contributed by atoms with van der Waals surface area (Å²) in [5.74, 6) is -0.0838. The number of rotatable bonds is 5. The van der Waals surface area contributed by atoms with E-state index in [2.05, 4.69) is 15.5 Å². The van der Waals surface area contributed by atoms with Crippen LogP contribution < -0.4 is 5.32 Å². The summed E-state index contributed by atoms with van der Waals surface area (Å²) in [6, 6.07) is 0.317. The van der Waals surface area contributed by atoms with Crippen molar-refractivity contribution in [3.63, 3.8) is 0 Å². The molecule has 0 spiro atoms. The van der Waals surface area contributed by atoms with Gasteiger partial charge in [0.2, 0.25) is 5.89 Å². The number of halogens is 3. The molecule has 1 heterocycles. The Kier molecular flexibility index (Phi) is 4.28. The zero-order chi connectivity index (χ0) is 12.2. The molecule has 0 aliphatic heterocycles. The van der Waals surface area contributed by atoms with Crippen molar-refractivity contribution >= 4 is 0 Å². The normalized spacial score (nSPS) is 12.4. The third-order valence-electron chi connectivity index (χ3n) is 1.76. The number of alkyl halides is 3. The Labute approximate surface area is 91.2 Å². The van der Waals surface area contributed by atoms with E-state index in [9.17, 15) is 13.2 Å². The second-order valence-electron chi connectivity index (χ2n) is 3.76. The Morgan fingerprint density at radius 3 is 2.62 bits per heavy atom. The van der Waals surface area contributed by atoms with Crippen LogP contribution in [0.4, 0.5) is 13.2 Å². The quantitative estimate of drug-likeness (QED) is 0.847. The fraction of sp³-hybridized carbons (Fsp3) is 0.778. The topological polar surface area (TPSA) is 51.0 Å². The van der Waals surface area contributed by atoms with Gasteiger partial charge in [0, 0.05) is 19.0 Å². The molecule has 7 heteroatoms. The van der Waals surface area contributed by atoms with Gasteiger partial charge in [-0.1, -0.05) is 19.0 Å². The summed E-state index contributed by atoms with van der Waals surface area (Å²) < 4.78 is 40.6. The lowest BCUT2D eigenvalue weighted by molar-refractivity contribution is -0.128. The van der Waals surface area contributed by atoms with Crippen LogP contribution >= 0.6 is 0 Å².